The van der Waals surface area contributed by atoms with Gasteiger partial charge in [-0.15, -0.1) is 0 Å². The third kappa shape index (κ3) is 11.1. The number of aromatic nitrogens is 8. The van der Waals surface area contributed by atoms with Crippen molar-refractivity contribution in [3.05, 3.63) is 111 Å². The molecule has 0 aliphatic carbocycles. The van der Waals surface area contributed by atoms with Gasteiger partial charge in [0, 0.05) is 56.3 Å². The number of piperidine rings is 1. The van der Waals surface area contributed by atoms with Crippen LogP contribution in [0.3, 0.4) is 0 Å². The number of carbonyl (C=O) groups is 9. The van der Waals surface area contributed by atoms with Crippen molar-refractivity contribution >= 4 is 87.1 Å². The largest absolute Gasteiger partial charge is 0.483 e. The molecule has 0 spiro atoms. The number of hydrogen-bond donors (Lipinski definition) is 7. The van der Waals surface area contributed by atoms with Crippen LogP contribution in [0.5, 0.6) is 5.75 Å². The number of aryl methyl sites for hydroxylation is 4. The van der Waals surface area contributed by atoms with Gasteiger partial charge in [0.05, 0.1) is 44.6 Å². The maximum atomic E-state index is 13.7. The number of primary amides is 1. The second-order valence-corrected chi connectivity index (χ2v) is 18.7. The number of anilines is 2. The van der Waals surface area contributed by atoms with Gasteiger partial charge >= 0.3 is 0 Å². The number of imide groups is 2. The predicted octanol–water partition coefficient (Wildman–Crippen LogP) is 3.54. The van der Waals surface area contributed by atoms with E-state index in [1.165, 1.54) is 23.1 Å². The Balaban J connectivity index is 0.722. The molecule has 4 aromatic heterocycles. The highest BCUT2D eigenvalue weighted by molar-refractivity contribution is 6.24. The number of aromatic amines is 2. The van der Waals surface area contributed by atoms with Crippen LogP contribution in [0.25, 0.3) is 22.1 Å². The number of H-pyrrole nitrogens is 2. The summed E-state index contributed by atoms with van der Waals surface area (Å²) >= 11 is 0. The van der Waals surface area contributed by atoms with Crippen molar-refractivity contribution in [2.75, 3.05) is 37.4 Å². The summed E-state index contributed by atoms with van der Waals surface area (Å²) in [6, 6.07) is 14.7. The minimum atomic E-state index is -1.14. The van der Waals surface area contributed by atoms with Gasteiger partial charge in [-0.1, -0.05) is 12.5 Å². The Morgan fingerprint density at radius 2 is 1.52 bits per heavy atom. The number of nitrogens with two attached hydrogens (primary N) is 1. The molecule has 398 valence electrons. The first kappa shape index (κ1) is 52.3. The maximum Gasteiger partial charge on any atom is 0.276 e. The molecule has 9 rings (SSSR count). The van der Waals surface area contributed by atoms with Gasteiger partial charge < -0.3 is 30.7 Å². The lowest BCUT2D eigenvalue weighted by molar-refractivity contribution is -0.136. The number of hydrogen-bond acceptors (Lipinski definition) is 14. The molecule has 0 radical (unpaired) electrons. The second kappa shape index (κ2) is 22.1. The van der Waals surface area contributed by atoms with E-state index in [0.29, 0.717) is 82.6 Å². The van der Waals surface area contributed by atoms with Crippen molar-refractivity contribution in [2.45, 2.75) is 84.8 Å². The minimum Gasteiger partial charge on any atom is -0.483 e. The van der Waals surface area contributed by atoms with E-state index in [0.717, 1.165) is 29.0 Å². The number of carbonyl (C=O) groups excluding carboxylic acids is 9. The number of fused-ring (bicyclic) bond motifs is 3. The molecule has 0 bridgehead atoms. The number of rotatable bonds is 21. The average molecular weight is 1050 g/mol. The molecule has 8 N–H and O–H groups in total. The van der Waals surface area contributed by atoms with Gasteiger partial charge in [-0.2, -0.15) is 10.2 Å². The zero-order valence-electron chi connectivity index (χ0n) is 42.6. The molecule has 77 heavy (non-hydrogen) atoms. The highest BCUT2D eigenvalue weighted by Gasteiger charge is 2.46. The van der Waals surface area contributed by atoms with Gasteiger partial charge in [-0.3, -0.25) is 73.4 Å². The molecular formula is C52H55N15O10. The highest BCUT2D eigenvalue weighted by Crippen LogP contribution is 2.34. The normalized spacial score (nSPS) is 14.2. The smallest absolute Gasteiger partial charge is 0.276 e. The van der Waals surface area contributed by atoms with Gasteiger partial charge in [0.15, 0.2) is 6.61 Å². The molecule has 25 nitrogen and oxygen atoms in total. The Bertz CT molecular complexity index is 3550. The molecule has 1 atom stereocenters. The monoisotopic (exact) mass is 1050 g/mol. The lowest BCUT2D eigenvalue weighted by Crippen LogP contribution is -2.54. The Kier molecular flexibility index (Phi) is 15.0. The summed E-state index contributed by atoms with van der Waals surface area (Å²) in [5.74, 6) is -4.43. The van der Waals surface area contributed by atoms with Gasteiger partial charge in [-0.25, -0.2) is 9.97 Å². The van der Waals surface area contributed by atoms with E-state index in [1.807, 2.05) is 13.8 Å². The lowest BCUT2D eigenvalue weighted by atomic mass is 10.0. The van der Waals surface area contributed by atoms with E-state index in [9.17, 15) is 43.2 Å². The quantitative estimate of drug-likeness (QED) is 0.0400. The number of amides is 9. The van der Waals surface area contributed by atoms with Crippen LogP contribution in [-0.4, -0.2) is 135 Å². The Labute approximate surface area is 438 Å². The van der Waals surface area contributed by atoms with Gasteiger partial charge in [0.1, 0.15) is 23.2 Å². The minimum absolute atomic E-state index is 0.000793. The molecule has 2 aliphatic heterocycles. The van der Waals surface area contributed by atoms with Gasteiger partial charge in [0.2, 0.25) is 29.6 Å². The summed E-state index contributed by atoms with van der Waals surface area (Å²) in [5, 5.41) is 19.7. The summed E-state index contributed by atoms with van der Waals surface area (Å²) in [5.41, 5.74) is 11.2. The fourth-order valence-electron chi connectivity index (χ4n) is 9.47. The van der Waals surface area contributed by atoms with Crippen molar-refractivity contribution in [3.63, 3.8) is 0 Å². The molecule has 9 amide bonds. The van der Waals surface area contributed by atoms with Crippen LogP contribution in [0.4, 0.5) is 11.9 Å². The van der Waals surface area contributed by atoms with Crippen LogP contribution in [0.1, 0.15) is 125 Å². The maximum absolute atomic E-state index is 13.7. The summed E-state index contributed by atoms with van der Waals surface area (Å²) in [4.78, 5) is 133. The predicted molar refractivity (Wildman–Crippen MR) is 277 cm³/mol. The molecule has 1 saturated heterocycles. The van der Waals surface area contributed by atoms with Crippen molar-refractivity contribution < 1.29 is 47.9 Å². The fourth-order valence-corrected chi connectivity index (χ4v) is 9.47. The molecule has 0 saturated carbocycles. The van der Waals surface area contributed by atoms with Crippen molar-refractivity contribution in [2.24, 2.45) is 5.73 Å². The fraction of sp³-hybridized carbons (Fsp3) is 0.327. The average Bonchev–Trinajstić information content (AvgIpc) is 4.23. The topological polar surface area (TPSA) is 336 Å². The summed E-state index contributed by atoms with van der Waals surface area (Å²) in [7, 11) is 1.63. The van der Waals surface area contributed by atoms with E-state index in [4.69, 9.17) is 10.5 Å². The number of imidazole rings is 2. The van der Waals surface area contributed by atoms with Crippen LogP contribution in [0.15, 0.2) is 60.7 Å². The van der Waals surface area contributed by atoms with E-state index in [1.54, 1.807) is 65.8 Å². The molecule has 3 aromatic carbocycles. The summed E-state index contributed by atoms with van der Waals surface area (Å²) in [6.45, 7) is 6.53. The third-order valence-corrected chi connectivity index (χ3v) is 13.3. The van der Waals surface area contributed by atoms with Gasteiger partial charge in [0.25, 0.3) is 35.4 Å². The van der Waals surface area contributed by atoms with Crippen molar-refractivity contribution in [1.29, 1.82) is 0 Å². The van der Waals surface area contributed by atoms with E-state index >= 15 is 0 Å². The molecule has 6 heterocycles. The summed E-state index contributed by atoms with van der Waals surface area (Å²) < 4.78 is 8.98. The van der Waals surface area contributed by atoms with Gasteiger partial charge in [-0.05, 0) is 107 Å². The SMILES string of the molecule is CCn1nc(C)c(CCCCCn2nc(C)cc2C(=O)Nc2nc3ccc(C(=O)N(C)CCCNC(=O)COc4cccc5c4C(=O)N(C4CCC(=O)NC4=O)C5=O)cc3[nH]2)c1C(=O)Nc1nc2ccc(C(N)=O)cc2[nH]1. The van der Waals surface area contributed by atoms with Crippen molar-refractivity contribution in [1.82, 2.24) is 59.9 Å². The van der Waals surface area contributed by atoms with E-state index in [2.05, 4.69) is 51.4 Å². The number of nitrogens with zero attached hydrogens (tertiary/aromatic N) is 8. The van der Waals surface area contributed by atoms with E-state index < -0.39 is 54.0 Å². The van der Waals surface area contributed by atoms with Crippen LogP contribution in [0.2, 0.25) is 0 Å². The Morgan fingerprint density at radius 1 is 0.818 bits per heavy atom. The molecule has 25 heteroatoms. The molecular weight excluding hydrogens is 995 g/mol. The standard InChI is InChI=1S/C52H55N15O10/c1-5-65-43(47(73)61-52-56-33-16-14-29(44(53)70)24-35(33)57-52)31(28(3)63-65)11-7-6-8-22-66-38(23-27(2)62-66)46(72)60-51-55-34-17-15-30(25-36(34)58-51)48(74)64(4)21-10-20-54-41(69)26-77-39-13-9-12-32-42(39)50(76)67(49(32)75)37-18-19-40(68)59-45(37)71/h9,12-17,23-25,37H,5-8,10-11,18-22,26H2,1-4H3,(H2,53,70)(H,54,69)(H,59,68,71)(H2,55,58,60,72)(H2,56,57,61,73). The third-order valence-electron chi connectivity index (χ3n) is 13.3. The number of unbranched alkanes of at least 4 members (excludes halogenated alkanes) is 2. The second-order valence-electron chi connectivity index (χ2n) is 18.7. The van der Waals surface area contributed by atoms with Crippen LogP contribution in [0, 0.1) is 13.8 Å². The molecule has 1 unspecified atom stereocenters. The molecule has 1 fully saturated rings. The first-order valence-corrected chi connectivity index (χ1v) is 25.0. The van der Waals surface area contributed by atoms with Crippen LogP contribution >= 0.6 is 0 Å². The van der Waals surface area contributed by atoms with Crippen LogP contribution < -0.4 is 31.7 Å². The zero-order valence-corrected chi connectivity index (χ0v) is 42.6. The molecule has 2 aliphatic rings. The lowest BCUT2D eigenvalue weighted by Gasteiger charge is -2.27. The zero-order chi connectivity index (χ0) is 54.7. The van der Waals surface area contributed by atoms with Crippen molar-refractivity contribution in [3.8, 4) is 5.75 Å². The Hall–Kier alpha value is -9.55. The molecule has 7 aromatic rings. The number of nitrogens with one attached hydrogen (secondary N) is 6. The van der Waals surface area contributed by atoms with Crippen LogP contribution in [-0.2, 0) is 33.9 Å². The highest BCUT2D eigenvalue weighted by atomic mass is 16.5. The Morgan fingerprint density at radius 3 is 2.22 bits per heavy atom. The van der Waals surface area contributed by atoms with E-state index in [-0.39, 0.29) is 66.5 Å². The first-order valence-electron chi connectivity index (χ1n) is 25.0. The summed E-state index contributed by atoms with van der Waals surface area (Å²) in [6.07, 6.45) is 3.15. The first-order chi connectivity index (χ1) is 37.0. The number of ether oxygens (including phenoxy) is 1. The number of benzene rings is 3.